The highest BCUT2D eigenvalue weighted by atomic mass is 16.5. The Labute approximate surface area is 280 Å². The summed E-state index contributed by atoms with van der Waals surface area (Å²) in [5, 5.41) is 6.20. The van der Waals surface area contributed by atoms with Crippen molar-refractivity contribution in [3.05, 3.63) is 84.2 Å². The SMILES string of the molecule is C=CC(=O)Nc1cc(Nc2nccc(/C(=C/C)c3ccccc3CC)n2)c(OC)cc1N1CCN(C(C)=O)CC1.CCC1(C)CCC1. The van der Waals surface area contributed by atoms with Gasteiger partial charge in [-0.1, -0.05) is 70.5 Å². The largest absolute Gasteiger partial charge is 0.494 e. The van der Waals surface area contributed by atoms with Gasteiger partial charge in [0.05, 0.1) is 29.9 Å². The van der Waals surface area contributed by atoms with Crippen LogP contribution in [0.4, 0.5) is 23.0 Å². The van der Waals surface area contributed by atoms with Crippen LogP contribution in [0.25, 0.3) is 5.57 Å². The van der Waals surface area contributed by atoms with Crippen molar-refractivity contribution in [1.29, 1.82) is 0 Å². The van der Waals surface area contributed by atoms with E-state index in [1.54, 1.807) is 20.2 Å². The van der Waals surface area contributed by atoms with Crippen LogP contribution >= 0.6 is 0 Å². The number of aryl methyl sites for hydroxylation is 1. The number of nitrogens with zero attached hydrogens (tertiary/aromatic N) is 4. The first-order valence-corrected chi connectivity index (χ1v) is 16.7. The predicted molar refractivity (Wildman–Crippen MR) is 192 cm³/mol. The molecule has 0 unspecified atom stereocenters. The number of benzene rings is 2. The Kier molecular flexibility index (Phi) is 12.2. The summed E-state index contributed by atoms with van der Waals surface area (Å²) in [6.45, 7) is 16.4. The Morgan fingerprint density at radius 3 is 2.34 bits per heavy atom. The number of carbonyl (C=O) groups is 2. The fourth-order valence-electron chi connectivity index (χ4n) is 6.00. The molecule has 1 saturated carbocycles. The summed E-state index contributed by atoms with van der Waals surface area (Å²) in [4.78, 5) is 37.4. The molecule has 2 fully saturated rings. The predicted octanol–water partition coefficient (Wildman–Crippen LogP) is 7.62. The lowest BCUT2D eigenvalue weighted by Gasteiger charge is -2.37. The van der Waals surface area contributed by atoms with Gasteiger partial charge in [0, 0.05) is 50.9 Å². The first kappa shape index (κ1) is 35.2. The number of piperazine rings is 1. The topological polar surface area (TPSA) is 99.7 Å². The Morgan fingerprint density at radius 2 is 1.79 bits per heavy atom. The zero-order valence-corrected chi connectivity index (χ0v) is 28.9. The van der Waals surface area contributed by atoms with Crippen molar-refractivity contribution in [1.82, 2.24) is 14.9 Å². The van der Waals surface area contributed by atoms with Gasteiger partial charge < -0.3 is 25.2 Å². The van der Waals surface area contributed by atoms with Crippen LogP contribution in [0.15, 0.2) is 67.4 Å². The van der Waals surface area contributed by atoms with E-state index < -0.39 is 0 Å². The number of allylic oxidation sites excluding steroid dienone is 1. The van der Waals surface area contributed by atoms with Crippen LogP contribution in [0.1, 0.15) is 77.1 Å². The molecule has 1 saturated heterocycles. The number of carbonyl (C=O) groups excluding carboxylic acids is 2. The molecule has 2 amide bonds. The van der Waals surface area contributed by atoms with Gasteiger partial charge >= 0.3 is 0 Å². The molecule has 0 radical (unpaired) electrons. The molecule has 1 aliphatic heterocycles. The van der Waals surface area contributed by atoms with Crippen molar-refractivity contribution < 1.29 is 14.3 Å². The molecule has 47 heavy (non-hydrogen) atoms. The van der Waals surface area contributed by atoms with Crippen LogP contribution < -0.4 is 20.3 Å². The van der Waals surface area contributed by atoms with Gasteiger partial charge in [-0.25, -0.2) is 9.97 Å². The normalized spacial score (nSPS) is 15.5. The first-order valence-electron chi connectivity index (χ1n) is 16.7. The monoisotopic (exact) mass is 638 g/mol. The summed E-state index contributed by atoms with van der Waals surface area (Å²) in [5.74, 6) is 0.689. The number of ether oxygens (including phenoxy) is 1. The third kappa shape index (κ3) is 8.78. The Hall–Kier alpha value is -4.66. The molecule has 0 spiro atoms. The highest BCUT2D eigenvalue weighted by Crippen LogP contribution is 2.42. The van der Waals surface area contributed by atoms with E-state index >= 15 is 0 Å². The van der Waals surface area contributed by atoms with Crippen LogP contribution in [0.5, 0.6) is 5.75 Å². The first-order chi connectivity index (χ1) is 22.6. The molecule has 9 nitrogen and oxygen atoms in total. The maximum atomic E-state index is 12.3. The van der Waals surface area contributed by atoms with Gasteiger partial charge in [0.2, 0.25) is 17.8 Å². The molecule has 250 valence electrons. The summed E-state index contributed by atoms with van der Waals surface area (Å²) in [6, 6.07) is 13.9. The number of methoxy groups -OCH3 is 1. The molecule has 5 rings (SSSR count). The molecule has 2 aliphatic rings. The number of amides is 2. The van der Waals surface area contributed by atoms with Crippen LogP contribution in [-0.4, -0.2) is 60.0 Å². The van der Waals surface area contributed by atoms with E-state index in [0.29, 0.717) is 49.3 Å². The lowest BCUT2D eigenvalue weighted by molar-refractivity contribution is -0.129. The van der Waals surface area contributed by atoms with Crippen LogP contribution in [0.2, 0.25) is 0 Å². The minimum absolute atomic E-state index is 0.0541. The highest BCUT2D eigenvalue weighted by molar-refractivity contribution is 6.02. The van der Waals surface area contributed by atoms with Crippen molar-refractivity contribution in [3.8, 4) is 5.75 Å². The van der Waals surface area contributed by atoms with Crippen LogP contribution in [0.3, 0.4) is 0 Å². The van der Waals surface area contributed by atoms with E-state index in [2.05, 4.69) is 66.1 Å². The van der Waals surface area contributed by atoms with E-state index in [-0.39, 0.29) is 11.8 Å². The minimum atomic E-state index is -0.328. The maximum absolute atomic E-state index is 12.3. The second-order valence-electron chi connectivity index (χ2n) is 12.4. The van der Waals surface area contributed by atoms with Crippen molar-refractivity contribution in [2.75, 3.05) is 48.8 Å². The highest BCUT2D eigenvalue weighted by Gasteiger charge is 2.29. The second-order valence-corrected chi connectivity index (χ2v) is 12.4. The lowest BCUT2D eigenvalue weighted by Crippen LogP contribution is -2.48. The molecule has 1 aromatic heterocycles. The number of anilines is 4. The van der Waals surface area contributed by atoms with Gasteiger partial charge in [0.15, 0.2) is 0 Å². The van der Waals surface area contributed by atoms with Gasteiger partial charge in [0.1, 0.15) is 5.75 Å². The molecule has 2 aromatic carbocycles. The van der Waals surface area contributed by atoms with E-state index in [0.717, 1.165) is 34.4 Å². The Bertz CT molecular complexity index is 1580. The molecule has 0 atom stereocenters. The molecule has 1 aliphatic carbocycles. The van der Waals surface area contributed by atoms with Crippen molar-refractivity contribution >= 4 is 40.4 Å². The van der Waals surface area contributed by atoms with Gasteiger partial charge in [-0.2, -0.15) is 0 Å². The fourth-order valence-corrected chi connectivity index (χ4v) is 6.00. The third-order valence-corrected chi connectivity index (χ3v) is 9.40. The van der Waals surface area contributed by atoms with E-state index in [1.165, 1.54) is 37.3 Å². The van der Waals surface area contributed by atoms with Gasteiger partial charge in [0.25, 0.3) is 0 Å². The van der Waals surface area contributed by atoms with Crippen LogP contribution in [0, 0.1) is 5.41 Å². The van der Waals surface area contributed by atoms with E-state index in [9.17, 15) is 9.59 Å². The third-order valence-electron chi connectivity index (χ3n) is 9.40. The number of nitrogens with one attached hydrogen (secondary N) is 2. The zero-order chi connectivity index (χ0) is 34.0. The Balaban J connectivity index is 0.000000632. The zero-order valence-electron chi connectivity index (χ0n) is 28.9. The molecule has 3 aromatic rings. The fraction of sp³-hybridized carbons (Fsp3) is 0.421. The lowest BCUT2D eigenvalue weighted by atomic mass is 9.69. The standard InChI is InChI=1S/C31H36N6O3.C7H14/c1-6-22-11-9-10-12-24(22)23(7-2)25-13-14-32-31(34-25)35-27-19-26(33-30(39)8-3)28(20-29(27)40-5)37-17-15-36(16-18-37)21(4)38;1-3-7(2)5-4-6-7/h7-14,19-20H,3,6,15-18H2,1-2,4-5H3,(H,33,39)(H,32,34,35);3-6H2,1-2H3/b23-7+;. The summed E-state index contributed by atoms with van der Waals surface area (Å²) < 4.78 is 5.74. The van der Waals surface area contributed by atoms with Crippen molar-refractivity contribution in [2.45, 2.75) is 66.7 Å². The summed E-state index contributed by atoms with van der Waals surface area (Å²) in [5.41, 5.74) is 6.94. The molecular formula is C38H50N6O3. The number of rotatable bonds is 10. The molecular weight excluding hydrogens is 588 g/mol. The number of hydrogen-bond acceptors (Lipinski definition) is 7. The maximum Gasteiger partial charge on any atom is 0.247 e. The summed E-state index contributed by atoms with van der Waals surface area (Å²) in [7, 11) is 1.59. The average Bonchev–Trinajstić information content (AvgIpc) is 3.08. The van der Waals surface area contributed by atoms with Crippen LogP contribution in [-0.2, 0) is 16.0 Å². The summed E-state index contributed by atoms with van der Waals surface area (Å²) >= 11 is 0. The van der Waals surface area contributed by atoms with Gasteiger partial charge in [-0.15, -0.1) is 0 Å². The Morgan fingerprint density at radius 1 is 1.06 bits per heavy atom. The van der Waals surface area contributed by atoms with Gasteiger partial charge in [-0.05, 0) is 60.9 Å². The molecule has 2 heterocycles. The van der Waals surface area contributed by atoms with Crippen molar-refractivity contribution in [3.63, 3.8) is 0 Å². The number of hydrogen-bond donors (Lipinski definition) is 2. The van der Waals surface area contributed by atoms with Gasteiger partial charge in [-0.3, -0.25) is 9.59 Å². The minimum Gasteiger partial charge on any atom is -0.494 e. The summed E-state index contributed by atoms with van der Waals surface area (Å²) in [6.07, 6.45) is 11.7. The quantitative estimate of drug-likeness (QED) is 0.220. The average molecular weight is 639 g/mol. The van der Waals surface area contributed by atoms with Crippen molar-refractivity contribution in [2.24, 2.45) is 5.41 Å². The molecule has 0 bridgehead atoms. The smallest absolute Gasteiger partial charge is 0.247 e. The molecule has 9 heteroatoms. The van der Waals surface area contributed by atoms with E-state index in [1.807, 2.05) is 42.2 Å². The number of aromatic nitrogens is 2. The van der Waals surface area contributed by atoms with E-state index in [4.69, 9.17) is 9.72 Å². The second kappa shape index (κ2) is 16.3. The molecule has 2 N–H and O–H groups in total.